The molecule has 1 aliphatic rings. The van der Waals surface area contributed by atoms with Crippen LogP contribution in [0.3, 0.4) is 0 Å². The maximum atomic E-state index is 11.9. The summed E-state index contributed by atoms with van der Waals surface area (Å²) in [6.45, 7) is 8.72. The van der Waals surface area contributed by atoms with Crippen LogP contribution in [0, 0.1) is 5.92 Å². The van der Waals surface area contributed by atoms with Crippen molar-refractivity contribution >= 4 is 11.8 Å². The fourth-order valence-electron chi connectivity index (χ4n) is 2.14. The molecule has 0 aliphatic carbocycles. The minimum atomic E-state index is -0.266. The van der Waals surface area contributed by atoms with Crippen LogP contribution in [0.25, 0.3) is 0 Å². The first-order valence-corrected chi connectivity index (χ1v) is 6.62. The average Bonchev–Trinajstić information content (AvgIpc) is 2.24. The third-order valence-corrected chi connectivity index (χ3v) is 2.99. The second-order valence-corrected chi connectivity index (χ2v) is 6.07. The van der Waals surface area contributed by atoms with Crippen molar-refractivity contribution in [1.82, 2.24) is 16.0 Å². The number of hydrogen-bond donors (Lipinski definition) is 3. The Morgan fingerprint density at radius 3 is 2.56 bits per heavy atom. The van der Waals surface area contributed by atoms with E-state index < -0.39 is 0 Å². The third kappa shape index (κ3) is 5.04. The summed E-state index contributed by atoms with van der Waals surface area (Å²) < 4.78 is 0. The number of amides is 2. The first kappa shape index (κ1) is 15.0. The zero-order valence-corrected chi connectivity index (χ0v) is 11.8. The Labute approximate surface area is 109 Å². The van der Waals surface area contributed by atoms with Crippen LogP contribution in [-0.4, -0.2) is 36.5 Å². The molecular weight excluding hydrogens is 230 g/mol. The van der Waals surface area contributed by atoms with Gasteiger partial charge in [0, 0.05) is 5.54 Å². The van der Waals surface area contributed by atoms with Crippen LogP contribution in [0.4, 0.5) is 0 Å². The zero-order chi connectivity index (χ0) is 13.8. The maximum absolute atomic E-state index is 11.9. The molecule has 2 unspecified atom stereocenters. The molecule has 0 saturated carbocycles. The molecule has 1 rings (SSSR count). The molecule has 1 aliphatic heterocycles. The zero-order valence-electron chi connectivity index (χ0n) is 11.8. The van der Waals surface area contributed by atoms with Crippen molar-refractivity contribution in [2.75, 3.05) is 13.1 Å². The fraction of sp³-hybridized carbons (Fsp3) is 0.846. The molecule has 0 aromatic carbocycles. The number of nitrogens with one attached hydrogen (secondary N) is 3. The van der Waals surface area contributed by atoms with Crippen LogP contribution in [-0.2, 0) is 9.59 Å². The van der Waals surface area contributed by atoms with Crippen LogP contribution in [0.15, 0.2) is 0 Å². The van der Waals surface area contributed by atoms with Crippen LogP contribution in [0.5, 0.6) is 0 Å². The molecule has 2 amide bonds. The highest BCUT2D eigenvalue weighted by Crippen LogP contribution is 2.15. The number of rotatable bonds is 3. The summed E-state index contributed by atoms with van der Waals surface area (Å²) in [5.41, 5.74) is -0.266. The molecule has 0 radical (unpaired) electrons. The van der Waals surface area contributed by atoms with Crippen LogP contribution >= 0.6 is 0 Å². The van der Waals surface area contributed by atoms with Gasteiger partial charge in [-0.1, -0.05) is 6.92 Å². The molecule has 5 heteroatoms. The lowest BCUT2D eigenvalue weighted by Gasteiger charge is -2.29. The van der Waals surface area contributed by atoms with Crippen LogP contribution in [0.2, 0.25) is 0 Å². The van der Waals surface area contributed by atoms with Crippen molar-refractivity contribution in [2.24, 2.45) is 5.92 Å². The summed E-state index contributed by atoms with van der Waals surface area (Å²) in [5.74, 6) is 0.0926. The first-order chi connectivity index (χ1) is 8.29. The second kappa shape index (κ2) is 6.18. The summed E-state index contributed by atoms with van der Waals surface area (Å²) in [4.78, 5) is 23.5. The molecular formula is C13H25N3O2. The largest absolute Gasteiger partial charge is 0.350 e. The topological polar surface area (TPSA) is 70.2 Å². The van der Waals surface area contributed by atoms with Gasteiger partial charge in [0.05, 0.1) is 12.6 Å². The molecule has 0 bridgehead atoms. The molecule has 2 atom stereocenters. The second-order valence-electron chi connectivity index (χ2n) is 6.07. The van der Waals surface area contributed by atoms with Gasteiger partial charge in [-0.15, -0.1) is 0 Å². The van der Waals surface area contributed by atoms with E-state index in [0.29, 0.717) is 5.92 Å². The first-order valence-electron chi connectivity index (χ1n) is 6.62. The van der Waals surface area contributed by atoms with E-state index in [9.17, 15) is 9.59 Å². The van der Waals surface area contributed by atoms with Gasteiger partial charge in [-0.3, -0.25) is 9.59 Å². The van der Waals surface area contributed by atoms with E-state index in [4.69, 9.17) is 0 Å². The smallest absolute Gasteiger partial charge is 0.239 e. The van der Waals surface area contributed by atoms with E-state index in [1.807, 2.05) is 20.8 Å². The Balaban J connectivity index is 2.34. The monoisotopic (exact) mass is 255 g/mol. The van der Waals surface area contributed by atoms with Crippen molar-refractivity contribution in [1.29, 1.82) is 0 Å². The molecule has 104 valence electrons. The Morgan fingerprint density at radius 1 is 1.33 bits per heavy atom. The van der Waals surface area contributed by atoms with Crippen molar-refractivity contribution in [3.63, 3.8) is 0 Å². The van der Waals surface area contributed by atoms with Gasteiger partial charge >= 0.3 is 0 Å². The van der Waals surface area contributed by atoms with Gasteiger partial charge in [-0.25, -0.2) is 0 Å². The van der Waals surface area contributed by atoms with Crippen molar-refractivity contribution in [3.05, 3.63) is 0 Å². The molecule has 1 fully saturated rings. The van der Waals surface area contributed by atoms with E-state index in [1.165, 1.54) is 0 Å². The van der Waals surface area contributed by atoms with Gasteiger partial charge in [0.15, 0.2) is 0 Å². The van der Waals surface area contributed by atoms with Gasteiger partial charge in [0.2, 0.25) is 11.8 Å². The lowest BCUT2D eigenvalue weighted by molar-refractivity contribution is -0.129. The number of carbonyl (C=O) groups is 2. The van der Waals surface area contributed by atoms with Crippen molar-refractivity contribution in [3.8, 4) is 0 Å². The Kier molecular flexibility index (Phi) is 5.14. The van der Waals surface area contributed by atoms with E-state index in [1.54, 1.807) is 0 Å². The summed E-state index contributed by atoms with van der Waals surface area (Å²) >= 11 is 0. The quantitative estimate of drug-likeness (QED) is 0.684. The molecule has 3 N–H and O–H groups in total. The lowest BCUT2D eigenvalue weighted by atomic mass is 9.92. The van der Waals surface area contributed by atoms with Gasteiger partial charge in [-0.05, 0) is 46.1 Å². The summed E-state index contributed by atoms with van der Waals surface area (Å²) in [6.07, 6.45) is 2.16. The molecule has 5 nitrogen and oxygen atoms in total. The van der Waals surface area contributed by atoms with Gasteiger partial charge < -0.3 is 16.0 Å². The SMILES string of the molecule is CC1CCCNC1C(=O)NCC(=O)NC(C)(C)C. The molecule has 0 aromatic heterocycles. The van der Waals surface area contributed by atoms with E-state index in [2.05, 4.69) is 22.9 Å². The summed E-state index contributed by atoms with van der Waals surface area (Å²) in [6, 6.07) is -0.166. The normalized spacial score (nSPS) is 24.4. The molecule has 18 heavy (non-hydrogen) atoms. The Bertz CT molecular complexity index is 310. The molecule has 0 aromatic rings. The van der Waals surface area contributed by atoms with E-state index in [-0.39, 0.29) is 29.9 Å². The predicted molar refractivity (Wildman–Crippen MR) is 71.1 cm³/mol. The van der Waals surface area contributed by atoms with Gasteiger partial charge in [-0.2, -0.15) is 0 Å². The molecule has 1 heterocycles. The lowest BCUT2D eigenvalue weighted by Crippen LogP contribution is -2.53. The standard InChI is InChI=1S/C13H25N3O2/c1-9-6-5-7-14-11(9)12(18)15-8-10(17)16-13(2,3)4/h9,11,14H,5-8H2,1-4H3,(H,15,18)(H,16,17). The number of carbonyl (C=O) groups excluding carboxylic acids is 2. The fourth-order valence-corrected chi connectivity index (χ4v) is 2.14. The van der Waals surface area contributed by atoms with E-state index in [0.717, 1.165) is 19.4 Å². The van der Waals surface area contributed by atoms with Gasteiger partial charge in [0.25, 0.3) is 0 Å². The maximum Gasteiger partial charge on any atom is 0.239 e. The van der Waals surface area contributed by atoms with E-state index >= 15 is 0 Å². The summed E-state index contributed by atoms with van der Waals surface area (Å²) in [5, 5.41) is 8.70. The minimum absolute atomic E-state index is 0.0427. The Hall–Kier alpha value is -1.10. The third-order valence-electron chi connectivity index (χ3n) is 2.99. The van der Waals surface area contributed by atoms with Crippen LogP contribution in [0.1, 0.15) is 40.5 Å². The summed E-state index contributed by atoms with van der Waals surface area (Å²) in [7, 11) is 0. The minimum Gasteiger partial charge on any atom is -0.350 e. The van der Waals surface area contributed by atoms with Gasteiger partial charge in [0.1, 0.15) is 0 Å². The number of piperidine rings is 1. The highest BCUT2D eigenvalue weighted by atomic mass is 16.2. The van der Waals surface area contributed by atoms with Crippen molar-refractivity contribution < 1.29 is 9.59 Å². The molecule has 0 spiro atoms. The Morgan fingerprint density at radius 2 is 2.00 bits per heavy atom. The average molecular weight is 255 g/mol. The van der Waals surface area contributed by atoms with Crippen molar-refractivity contribution in [2.45, 2.75) is 52.1 Å². The molecule has 1 saturated heterocycles. The highest BCUT2D eigenvalue weighted by Gasteiger charge is 2.27. The predicted octanol–water partition coefficient (Wildman–Crippen LogP) is 0.405. The number of hydrogen-bond acceptors (Lipinski definition) is 3. The van der Waals surface area contributed by atoms with Crippen LogP contribution < -0.4 is 16.0 Å². The highest BCUT2D eigenvalue weighted by molar-refractivity contribution is 5.87.